The molecular weight excluding hydrogens is 272 g/mol. The first-order chi connectivity index (χ1) is 10.1. The third-order valence-corrected chi connectivity index (χ3v) is 3.00. The number of non-ortho nitro benzene ring substituents is 1. The highest BCUT2D eigenvalue weighted by atomic mass is 16.6. The number of amides is 1. The fraction of sp³-hybridized carbons (Fsp3) is 0.133. The summed E-state index contributed by atoms with van der Waals surface area (Å²) in [5.41, 5.74) is 2.03. The number of aliphatic hydroxyl groups is 1. The number of nitro benzene ring substituents is 1. The van der Waals surface area contributed by atoms with Gasteiger partial charge in [-0.05, 0) is 23.3 Å². The molecule has 0 saturated heterocycles. The monoisotopic (exact) mass is 286 g/mol. The van der Waals surface area contributed by atoms with Gasteiger partial charge < -0.3 is 10.4 Å². The Kier molecular flexibility index (Phi) is 4.63. The van der Waals surface area contributed by atoms with E-state index in [9.17, 15) is 14.9 Å². The van der Waals surface area contributed by atoms with Gasteiger partial charge in [0.2, 0.25) is 0 Å². The lowest BCUT2D eigenvalue weighted by Gasteiger charge is -2.06. The van der Waals surface area contributed by atoms with Crippen molar-refractivity contribution >= 4 is 11.6 Å². The lowest BCUT2D eigenvalue weighted by atomic mass is 10.1. The summed E-state index contributed by atoms with van der Waals surface area (Å²) in [6.07, 6.45) is 0. The third kappa shape index (κ3) is 3.87. The van der Waals surface area contributed by atoms with Gasteiger partial charge in [0.1, 0.15) is 0 Å². The van der Waals surface area contributed by atoms with Gasteiger partial charge in [-0.15, -0.1) is 0 Å². The molecule has 6 heteroatoms. The minimum Gasteiger partial charge on any atom is -0.392 e. The first-order valence-corrected chi connectivity index (χ1v) is 6.31. The highest BCUT2D eigenvalue weighted by Crippen LogP contribution is 2.12. The number of hydrogen-bond acceptors (Lipinski definition) is 4. The molecule has 0 saturated carbocycles. The van der Waals surface area contributed by atoms with Crippen LogP contribution in [-0.2, 0) is 13.2 Å². The second-order valence-electron chi connectivity index (χ2n) is 4.46. The van der Waals surface area contributed by atoms with Crippen molar-refractivity contribution in [3.05, 3.63) is 75.3 Å². The molecule has 0 spiro atoms. The molecule has 6 nitrogen and oxygen atoms in total. The van der Waals surface area contributed by atoms with E-state index in [1.54, 1.807) is 12.1 Å². The zero-order valence-electron chi connectivity index (χ0n) is 11.2. The summed E-state index contributed by atoms with van der Waals surface area (Å²) in [4.78, 5) is 21.9. The van der Waals surface area contributed by atoms with Crippen LogP contribution in [0.3, 0.4) is 0 Å². The molecule has 2 aromatic carbocycles. The molecule has 0 heterocycles. The summed E-state index contributed by atoms with van der Waals surface area (Å²) in [7, 11) is 0. The molecule has 2 rings (SSSR count). The van der Waals surface area contributed by atoms with E-state index < -0.39 is 4.92 Å². The Morgan fingerprint density at radius 2 is 1.62 bits per heavy atom. The predicted molar refractivity (Wildman–Crippen MR) is 76.6 cm³/mol. The fourth-order valence-corrected chi connectivity index (χ4v) is 1.78. The van der Waals surface area contributed by atoms with Gasteiger partial charge in [0, 0.05) is 24.2 Å². The van der Waals surface area contributed by atoms with Crippen LogP contribution in [0.25, 0.3) is 0 Å². The fourth-order valence-electron chi connectivity index (χ4n) is 1.78. The first kappa shape index (κ1) is 14.7. The zero-order valence-corrected chi connectivity index (χ0v) is 11.2. The van der Waals surface area contributed by atoms with Gasteiger partial charge in [0.05, 0.1) is 11.5 Å². The Hall–Kier alpha value is -2.73. The Morgan fingerprint density at radius 3 is 2.14 bits per heavy atom. The van der Waals surface area contributed by atoms with E-state index >= 15 is 0 Å². The number of carbonyl (C=O) groups is 1. The lowest BCUT2D eigenvalue weighted by molar-refractivity contribution is -0.384. The maximum Gasteiger partial charge on any atom is 0.269 e. The molecule has 2 aromatic rings. The highest BCUT2D eigenvalue weighted by molar-refractivity contribution is 5.94. The van der Waals surface area contributed by atoms with Gasteiger partial charge in [-0.25, -0.2) is 0 Å². The van der Waals surface area contributed by atoms with Crippen LogP contribution in [0.2, 0.25) is 0 Å². The molecule has 2 N–H and O–H groups in total. The molecule has 0 bridgehead atoms. The van der Waals surface area contributed by atoms with Crippen LogP contribution < -0.4 is 5.32 Å². The van der Waals surface area contributed by atoms with Crippen LogP contribution in [0.4, 0.5) is 5.69 Å². The molecule has 108 valence electrons. The molecule has 0 fully saturated rings. The smallest absolute Gasteiger partial charge is 0.269 e. The predicted octanol–water partition coefficient (Wildman–Crippen LogP) is 2.02. The maximum absolute atomic E-state index is 11.9. The largest absolute Gasteiger partial charge is 0.392 e. The topological polar surface area (TPSA) is 92.5 Å². The molecular formula is C15H14N2O4. The minimum atomic E-state index is -0.510. The lowest BCUT2D eigenvalue weighted by Crippen LogP contribution is -2.22. The van der Waals surface area contributed by atoms with Gasteiger partial charge in [-0.3, -0.25) is 14.9 Å². The molecule has 0 aromatic heterocycles. The standard InChI is InChI=1S/C15H14N2O4/c18-10-12-3-1-11(2-4-12)9-16-15(19)13-5-7-14(8-6-13)17(20)21/h1-8,18H,9-10H2,(H,16,19). The van der Waals surface area contributed by atoms with Crippen LogP contribution in [0.15, 0.2) is 48.5 Å². The normalized spacial score (nSPS) is 10.1. The molecule has 21 heavy (non-hydrogen) atoms. The SMILES string of the molecule is O=C(NCc1ccc(CO)cc1)c1ccc([N+](=O)[O-])cc1. The molecule has 0 atom stereocenters. The Morgan fingerprint density at radius 1 is 1.05 bits per heavy atom. The van der Waals surface area contributed by atoms with Gasteiger partial charge in [0.25, 0.3) is 11.6 Å². The highest BCUT2D eigenvalue weighted by Gasteiger charge is 2.09. The zero-order chi connectivity index (χ0) is 15.2. The second kappa shape index (κ2) is 6.62. The number of rotatable bonds is 5. The van der Waals surface area contributed by atoms with E-state index in [4.69, 9.17) is 5.11 Å². The number of carbonyl (C=O) groups excluding carboxylic acids is 1. The summed E-state index contributed by atoms with van der Waals surface area (Å²) < 4.78 is 0. The van der Waals surface area contributed by atoms with Crippen molar-refractivity contribution in [1.82, 2.24) is 5.32 Å². The van der Waals surface area contributed by atoms with Crippen LogP contribution in [0, 0.1) is 10.1 Å². The molecule has 0 unspecified atom stereocenters. The quantitative estimate of drug-likeness (QED) is 0.649. The average Bonchev–Trinajstić information content (AvgIpc) is 2.53. The number of aliphatic hydroxyl groups excluding tert-OH is 1. The Labute approximate surface area is 121 Å². The first-order valence-electron chi connectivity index (χ1n) is 6.31. The van der Waals surface area contributed by atoms with Crippen molar-refractivity contribution in [2.24, 2.45) is 0 Å². The molecule has 1 amide bonds. The summed E-state index contributed by atoms with van der Waals surface area (Å²) in [6, 6.07) is 12.6. The van der Waals surface area contributed by atoms with Crippen molar-refractivity contribution in [2.45, 2.75) is 13.2 Å². The van der Waals surface area contributed by atoms with Crippen molar-refractivity contribution in [3.8, 4) is 0 Å². The number of nitro groups is 1. The van der Waals surface area contributed by atoms with E-state index in [1.165, 1.54) is 24.3 Å². The van der Waals surface area contributed by atoms with Gasteiger partial charge >= 0.3 is 0 Å². The summed E-state index contributed by atoms with van der Waals surface area (Å²) >= 11 is 0. The van der Waals surface area contributed by atoms with E-state index in [-0.39, 0.29) is 18.2 Å². The van der Waals surface area contributed by atoms with Gasteiger partial charge in [0.15, 0.2) is 0 Å². The summed E-state index contributed by atoms with van der Waals surface area (Å²) in [5.74, 6) is -0.295. The molecule has 0 aliphatic rings. The van der Waals surface area contributed by atoms with Gasteiger partial charge in [-0.2, -0.15) is 0 Å². The second-order valence-corrected chi connectivity index (χ2v) is 4.46. The van der Waals surface area contributed by atoms with Crippen LogP contribution in [-0.4, -0.2) is 15.9 Å². The number of hydrogen-bond donors (Lipinski definition) is 2. The Bertz CT molecular complexity index is 636. The number of benzene rings is 2. The average molecular weight is 286 g/mol. The van der Waals surface area contributed by atoms with Crippen molar-refractivity contribution in [1.29, 1.82) is 0 Å². The summed E-state index contributed by atoms with van der Waals surface area (Å²) in [5, 5.41) is 22.2. The summed E-state index contributed by atoms with van der Waals surface area (Å²) in [6.45, 7) is 0.330. The third-order valence-electron chi connectivity index (χ3n) is 3.00. The van der Waals surface area contributed by atoms with Crippen molar-refractivity contribution < 1.29 is 14.8 Å². The number of nitrogens with zero attached hydrogens (tertiary/aromatic N) is 1. The van der Waals surface area contributed by atoms with Gasteiger partial charge in [-0.1, -0.05) is 24.3 Å². The molecule has 0 aliphatic carbocycles. The van der Waals surface area contributed by atoms with E-state index in [0.717, 1.165) is 11.1 Å². The molecule has 0 aliphatic heterocycles. The molecule has 0 radical (unpaired) electrons. The van der Waals surface area contributed by atoms with Crippen LogP contribution in [0.1, 0.15) is 21.5 Å². The Balaban J connectivity index is 1.95. The van der Waals surface area contributed by atoms with Crippen molar-refractivity contribution in [2.75, 3.05) is 0 Å². The van der Waals surface area contributed by atoms with E-state index in [0.29, 0.717) is 12.1 Å². The number of nitrogens with one attached hydrogen (secondary N) is 1. The van der Waals surface area contributed by atoms with Crippen LogP contribution >= 0.6 is 0 Å². The maximum atomic E-state index is 11.9. The minimum absolute atomic E-state index is 0.0184. The van der Waals surface area contributed by atoms with E-state index in [2.05, 4.69) is 5.32 Å². The van der Waals surface area contributed by atoms with Crippen LogP contribution in [0.5, 0.6) is 0 Å². The van der Waals surface area contributed by atoms with Crippen molar-refractivity contribution in [3.63, 3.8) is 0 Å². The van der Waals surface area contributed by atoms with E-state index in [1.807, 2.05) is 12.1 Å².